The van der Waals surface area contributed by atoms with Crippen LogP contribution >= 0.6 is 22.6 Å². The van der Waals surface area contributed by atoms with Crippen LogP contribution in [0.25, 0.3) is 0 Å². The lowest BCUT2D eigenvalue weighted by Crippen LogP contribution is -2.48. The molecule has 0 radical (unpaired) electrons. The summed E-state index contributed by atoms with van der Waals surface area (Å²) in [5, 5.41) is 0. The minimum atomic E-state index is -0.462. The maximum atomic E-state index is 12.3. The Morgan fingerprint density at radius 1 is 1.27 bits per heavy atom. The SMILES string of the molecule is CCN(CC(C)(CI)OCCCC1CC1)C(=O)OC(C)(C)C. The predicted molar refractivity (Wildman–Crippen MR) is 98.7 cm³/mol. The van der Waals surface area contributed by atoms with Gasteiger partial charge in [-0.2, -0.15) is 0 Å². The average Bonchev–Trinajstić information content (AvgIpc) is 3.23. The lowest BCUT2D eigenvalue weighted by molar-refractivity contribution is -0.0425. The molecule has 0 saturated heterocycles. The van der Waals surface area contributed by atoms with Crippen LogP contribution in [0, 0.1) is 5.92 Å². The van der Waals surface area contributed by atoms with Gasteiger partial charge in [-0.3, -0.25) is 0 Å². The summed E-state index contributed by atoms with van der Waals surface area (Å²) in [4.78, 5) is 14.0. The van der Waals surface area contributed by atoms with Crippen molar-refractivity contribution in [3.63, 3.8) is 0 Å². The third-order valence-corrected chi connectivity index (χ3v) is 5.36. The Kier molecular flexibility index (Phi) is 7.92. The van der Waals surface area contributed by atoms with E-state index in [1.54, 1.807) is 4.90 Å². The van der Waals surface area contributed by atoms with E-state index in [0.29, 0.717) is 13.1 Å². The second kappa shape index (κ2) is 8.71. The summed E-state index contributed by atoms with van der Waals surface area (Å²) in [6.07, 6.45) is 4.93. The molecule has 0 aromatic rings. The van der Waals surface area contributed by atoms with E-state index in [0.717, 1.165) is 23.4 Å². The van der Waals surface area contributed by atoms with Gasteiger partial charge in [-0.25, -0.2) is 4.79 Å². The number of alkyl halides is 1. The summed E-state index contributed by atoms with van der Waals surface area (Å²) in [5.41, 5.74) is -0.770. The van der Waals surface area contributed by atoms with Gasteiger partial charge in [0.15, 0.2) is 0 Å². The number of carbonyl (C=O) groups excluding carboxylic acids is 1. The maximum Gasteiger partial charge on any atom is 0.410 e. The standard InChI is InChI=1S/C17H32INO3/c1-6-19(15(20)22-16(2,3)4)13-17(5,12-18)21-11-7-8-14-9-10-14/h14H,6-13H2,1-5H3. The van der Waals surface area contributed by atoms with Crippen molar-refractivity contribution >= 4 is 28.7 Å². The summed E-state index contributed by atoms with van der Waals surface area (Å²) in [6.45, 7) is 11.7. The lowest BCUT2D eigenvalue weighted by Gasteiger charge is -2.35. The average molecular weight is 425 g/mol. The molecule has 0 heterocycles. The molecule has 0 aliphatic heterocycles. The molecule has 0 aromatic heterocycles. The summed E-state index contributed by atoms with van der Waals surface area (Å²) >= 11 is 2.34. The number of halogens is 1. The Bertz CT molecular complexity index is 352. The Morgan fingerprint density at radius 3 is 2.36 bits per heavy atom. The fourth-order valence-electron chi connectivity index (χ4n) is 2.26. The smallest absolute Gasteiger partial charge is 0.410 e. The minimum Gasteiger partial charge on any atom is -0.444 e. The molecule has 0 bridgehead atoms. The molecule has 1 rings (SSSR count). The summed E-state index contributed by atoms with van der Waals surface area (Å²) in [7, 11) is 0. The zero-order valence-electron chi connectivity index (χ0n) is 14.8. The van der Waals surface area contributed by atoms with Crippen molar-refractivity contribution in [1.29, 1.82) is 0 Å². The van der Waals surface area contributed by atoms with E-state index in [4.69, 9.17) is 9.47 Å². The van der Waals surface area contributed by atoms with Crippen molar-refractivity contribution in [1.82, 2.24) is 4.90 Å². The van der Waals surface area contributed by atoms with Crippen LogP contribution in [0.1, 0.15) is 60.3 Å². The molecule has 1 aliphatic carbocycles. The second-order valence-corrected chi connectivity index (χ2v) is 8.27. The summed E-state index contributed by atoms with van der Waals surface area (Å²) < 4.78 is 12.4. The van der Waals surface area contributed by atoms with Gasteiger partial charge in [0, 0.05) is 17.6 Å². The quantitative estimate of drug-likeness (QED) is 0.307. The highest BCUT2D eigenvalue weighted by Crippen LogP contribution is 2.33. The molecule has 130 valence electrons. The number of likely N-dealkylation sites (N-methyl/N-ethyl adjacent to an activating group) is 1. The van der Waals surface area contributed by atoms with E-state index in [1.807, 2.05) is 27.7 Å². The van der Waals surface area contributed by atoms with Crippen molar-refractivity contribution in [3.05, 3.63) is 0 Å². The van der Waals surface area contributed by atoms with E-state index in [1.165, 1.54) is 19.3 Å². The highest BCUT2D eigenvalue weighted by Gasteiger charge is 2.31. The lowest BCUT2D eigenvalue weighted by atomic mass is 10.1. The topological polar surface area (TPSA) is 38.8 Å². The fourth-order valence-corrected chi connectivity index (χ4v) is 2.72. The molecule has 1 unspecified atom stereocenters. The van der Waals surface area contributed by atoms with Crippen LogP contribution in [0.4, 0.5) is 4.79 Å². The van der Waals surface area contributed by atoms with E-state index in [2.05, 4.69) is 29.5 Å². The zero-order chi connectivity index (χ0) is 16.8. The zero-order valence-corrected chi connectivity index (χ0v) is 16.9. The first-order valence-corrected chi connectivity index (χ1v) is 9.89. The van der Waals surface area contributed by atoms with Gasteiger partial charge in [0.2, 0.25) is 0 Å². The molecule has 5 heteroatoms. The summed E-state index contributed by atoms with van der Waals surface area (Å²) in [5.74, 6) is 0.948. The Labute approximate surface area is 149 Å². The molecule has 1 saturated carbocycles. The molecular weight excluding hydrogens is 393 g/mol. The second-order valence-electron chi connectivity index (χ2n) is 7.51. The number of hydrogen-bond donors (Lipinski definition) is 0. The fraction of sp³-hybridized carbons (Fsp3) is 0.941. The van der Waals surface area contributed by atoms with Crippen LogP contribution in [0.3, 0.4) is 0 Å². The number of ether oxygens (including phenoxy) is 2. The first-order valence-electron chi connectivity index (χ1n) is 8.37. The van der Waals surface area contributed by atoms with Crippen LogP contribution in [0.5, 0.6) is 0 Å². The van der Waals surface area contributed by atoms with Gasteiger partial charge < -0.3 is 14.4 Å². The van der Waals surface area contributed by atoms with Crippen molar-refractivity contribution in [2.24, 2.45) is 5.92 Å². The third kappa shape index (κ3) is 7.99. The third-order valence-electron chi connectivity index (χ3n) is 3.75. The molecule has 0 aromatic carbocycles. The van der Waals surface area contributed by atoms with E-state index < -0.39 is 5.60 Å². The molecule has 1 aliphatic rings. The van der Waals surface area contributed by atoms with E-state index in [9.17, 15) is 4.79 Å². The highest BCUT2D eigenvalue weighted by molar-refractivity contribution is 14.1. The first-order chi connectivity index (χ1) is 10.2. The van der Waals surface area contributed by atoms with Crippen molar-refractivity contribution in [2.45, 2.75) is 71.5 Å². The Morgan fingerprint density at radius 2 is 1.91 bits per heavy atom. The predicted octanol–water partition coefficient (Wildman–Crippen LogP) is 4.64. The van der Waals surface area contributed by atoms with Crippen LogP contribution in [0.15, 0.2) is 0 Å². The number of hydrogen-bond acceptors (Lipinski definition) is 3. The number of amides is 1. The van der Waals surface area contributed by atoms with Crippen LogP contribution < -0.4 is 0 Å². The Hall–Kier alpha value is -0.0400. The first kappa shape index (κ1) is 20.0. The molecule has 1 fully saturated rings. The molecule has 0 spiro atoms. The summed E-state index contributed by atoms with van der Waals surface area (Å²) in [6, 6.07) is 0. The molecular formula is C17H32INO3. The van der Waals surface area contributed by atoms with Crippen molar-refractivity contribution in [2.75, 3.05) is 24.1 Å². The van der Waals surface area contributed by atoms with Gasteiger partial charge in [-0.1, -0.05) is 35.4 Å². The van der Waals surface area contributed by atoms with Crippen LogP contribution in [0.2, 0.25) is 0 Å². The van der Waals surface area contributed by atoms with Gasteiger partial charge >= 0.3 is 6.09 Å². The Balaban J connectivity index is 2.45. The molecule has 1 amide bonds. The normalized spacial score (nSPS) is 17.9. The van der Waals surface area contributed by atoms with E-state index >= 15 is 0 Å². The van der Waals surface area contributed by atoms with Gasteiger partial charge in [-0.15, -0.1) is 0 Å². The minimum absolute atomic E-state index is 0.257. The monoisotopic (exact) mass is 425 g/mol. The maximum absolute atomic E-state index is 12.3. The molecule has 4 nitrogen and oxygen atoms in total. The molecule has 1 atom stereocenters. The number of rotatable bonds is 9. The number of carbonyl (C=O) groups is 1. The van der Waals surface area contributed by atoms with E-state index in [-0.39, 0.29) is 11.7 Å². The van der Waals surface area contributed by atoms with Crippen LogP contribution in [-0.2, 0) is 9.47 Å². The highest BCUT2D eigenvalue weighted by atomic mass is 127. The molecule has 22 heavy (non-hydrogen) atoms. The van der Waals surface area contributed by atoms with Gasteiger partial charge in [0.25, 0.3) is 0 Å². The number of nitrogens with zero attached hydrogens (tertiary/aromatic N) is 1. The molecule has 0 N–H and O–H groups in total. The van der Waals surface area contributed by atoms with Gasteiger partial charge in [0.05, 0.1) is 12.1 Å². The van der Waals surface area contributed by atoms with Gasteiger partial charge in [-0.05, 0) is 53.4 Å². The van der Waals surface area contributed by atoms with Gasteiger partial charge in [0.1, 0.15) is 5.60 Å². The van der Waals surface area contributed by atoms with Crippen molar-refractivity contribution in [3.8, 4) is 0 Å². The largest absolute Gasteiger partial charge is 0.444 e. The van der Waals surface area contributed by atoms with Crippen molar-refractivity contribution < 1.29 is 14.3 Å². The van der Waals surface area contributed by atoms with Crippen LogP contribution in [-0.4, -0.2) is 46.3 Å².